The van der Waals surface area contributed by atoms with E-state index in [9.17, 15) is 28.2 Å². The molecule has 3 N–H and O–H groups in total. The van der Waals surface area contributed by atoms with Crippen molar-refractivity contribution in [3.8, 4) is 0 Å². The molecule has 146 valence electrons. The molecular formula is C18H25F3N2O3. The number of amides is 1. The van der Waals surface area contributed by atoms with E-state index < -0.39 is 42.8 Å². The van der Waals surface area contributed by atoms with Gasteiger partial charge in [0.1, 0.15) is 24.3 Å². The summed E-state index contributed by atoms with van der Waals surface area (Å²) in [4.78, 5) is 13.2. The summed E-state index contributed by atoms with van der Waals surface area (Å²) in [6.45, 7) is 1.83. The van der Waals surface area contributed by atoms with E-state index in [4.69, 9.17) is 0 Å². The molecule has 26 heavy (non-hydrogen) atoms. The Morgan fingerprint density at radius 2 is 1.88 bits per heavy atom. The number of hydrogen-bond donors (Lipinski definition) is 3. The molecule has 0 radical (unpaired) electrons. The first kappa shape index (κ1) is 20.7. The number of carbonyl (C=O) groups is 1. The van der Waals surface area contributed by atoms with Gasteiger partial charge in [-0.1, -0.05) is 30.3 Å². The Hall–Kier alpha value is -1.64. The van der Waals surface area contributed by atoms with Crippen LogP contribution in [0.1, 0.15) is 18.9 Å². The second kappa shape index (κ2) is 9.34. The number of hydrogen-bond acceptors (Lipinski definition) is 4. The van der Waals surface area contributed by atoms with Gasteiger partial charge < -0.3 is 15.5 Å². The van der Waals surface area contributed by atoms with Crippen LogP contribution in [0.25, 0.3) is 0 Å². The number of halogens is 3. The van der Waals surface area contributed by atoms with E-state index in [1.807, 2.05) is 30.3 Å². The third-order valence-electron chi connectivity index (χ3n) is 4.67. The Morgan fingerprint density at radius 3 is 2.46 bits per heavy atom. The highest BCUT2D eigenvalue weighted by Gasteiger charge is 2.54. The third-order valence-corrected chi connectivity index (χ3v) is 4.67. The predicted molar refractivity (Wildman–Crippen MR) is 90.6 cm³/mol. The summed E-state index contributed by atoms with van der Waals surface area (Å²) >= 11 is 0. The quantitative estimate of drug-likeness (QED) is 0.669. The molecule has 1 aliphatic rings. The molecule has 1 saturated heterocycles. The molecule has 2 rings (SSSR count). The van der Waals surface area contributed by atoms with Crippen LogP contribution in [-0.4, -0.2) is 71.0 Å². The van der Waals surface area contributed by atoms with Gasteiger partial charge in [-0.25, -0.2) is 13.2 Å². The lowest BCUT2D eigenvalue weighted by molar-refractivity contribution is -0.178. The van der Waals surface area contributed by atoms with Crippen LogP contribution < -0.4 is 5.32 Å². The molecule has 0 aliphatic carbocycles. The van der Waals surface area contributed by atoms with E-state index >= 15 is 0 Å². The lowest BCUT2D eigenvalue weighted by Gasteiger charge is -2.47. The molecule has 5 nitrogen and oxygen atoms in total. The molecule has 0 unspecified atom stereocenters. The number of likely N-dealkylation sites (tertiary alicyclic amines) is 1. The molecule has 0 aromatic heterocycles. The normalized spacial score (nSPS) is 29.7. The maximum absolute atomic E-state index is 14.5. The van der Waals surface area contributed by atoms with Crippen molar-refractivity contribution in [1.82, 2.24) is 10.2 Å². The smallest absolute Gasteiger partial charge is 0.256 e. The van der Waals surface area contributed by atoms with Crippen LogP contribution in [-0.2, 0) is 11.2 Å². The Kier molecular flexibility index (Phi) is 7.43. The Balaban J connectivity index is 2.19. The van der Waals surface area contributed by atoms with Crippen molar-refractivity contribution in [2.75, 3.05) is 13.1 Å². The van der Waals surface area contributed by atoms with Crippen molar-refractivity contribution in [3.63, 3.8) is 0 Å². The van der Waals surface area contributed by atoms with Crippen molar-refractivity contribution in [1.29, 1.82) is 0 Å². The lowest BCUT2D eigenvalue weighted by atomic mass is 9.87. The summed E-state index contributed by atoms with van der Waals surface area (Å²) in [5, 5.41) is 22.2. The first-order valence-electron chi connectivity index (χ1n) is 8.74. The molecule has 1 fully saturated rings. The number of likely N-dealkylation sites (N-methyl/N-ethyl adjacent to an activating group) is 1. The van der Waals surface area contributed by atoms with Crippen LogP contribution in [0.5, 0.6) is 0 Å². The topological polar surface area (TPSA) is 72.8 Å². The second-order valence-electron chi connectivity index (χ2n) is 6.42. The Morgan fingerprint density at radius 1 is 1.23 bits per heavy atom. The third kappa shape index (κ3) is 4.55. The van der Waals surface area contributed by atoms with Crippen molar-refractivity contribution in [2.45, 2.75) is 56.7 Å². The van der Waals surface area contributed by atoms with E-state index in [1.54, 1.807) is 6.92 Å². The molecule has 1 aromatic rings. The zero-order chi connectivity index (χ0) is 19.3. The van der Waals surface area contributed by atoms with Crippen molar-refractivity contribution < 1.29 is 28.2 Å². The number of benzene rings is 1. The van der Waals surface area contributed by atoms with E-state index in [-0.39, 0.29) is 13.1 Å². The number of nitrogens with one attached hydrogen (secondary N) is 1. The predicted octanol–water partition coefficient (Wildman–Crippen LogP) is 1.13. The number of alkyl halides is 3. The van der Waals surface area contributed by atoms with Crippen LogP contribution in [0.4, 0.5) is 13.2 Å². The van der Waals surface area contributed by atoms with Gasteiger partial charge >= 0.3 is 0 Å². The fraction of sp³-hybridized carbons (Fsp3) is 0.611. The van der Waals surface area contributed by atoms with Gasteiger partial charge in [0.15, 0.2) is 6.17 Å². The van der Waals surface area contributed by atoms with Crippen LogP contribution in [0.2, 0.25) is 0 Å². The number of aryl methyl sites for hydroxylation is 1. The number of rotatable bonds is 7. The minimum Gasteiger partial charge on any atom is -0.388 e. The SMILES string of the molecule is CCNC(=O)[C@@H]1[C@@H](F)[C@@H](O)[C@H](O)[C@@H](C(F)F)N1CCCc1ccccc1. The van der Waals surface area contributed by atoms with Gasteiger partial charge in [0.25, 0.3) is 6.43 Å². The number of carbonyl (C=O) groups excluding carboxylic acids is 1. The zero-order valence-electron chi connectivity index (χ0n) is 14.6. The lowest BCUT2D eigenvalue weighted by Crippen LogP contribution is -2.70. The zero-order valence-corrected chi connectivity index (χ0v) is 14.6. The highest BCUT2D eigenvalue weighted by Crippen LogP contribution is 2.30. The van der Waals surface area contributed by atoms with Crippen LogP contribution in [0, 0.1) is 0 Å². The monoisotopic (exact) mass is 374 g/mol. The van der Waals surface area contributed by atoms with Gasteiger partial charge in [-0.2, -0.15) is 0 Å². The summed E-state index contributed by atoms with van der Waals surface area (Å²) < 4.78 is 41.6. The number of aliphatic hydroxyl groups excluding tert-OH is 2. The molecular weight excluding hydrogens is 349 g/mol. The number of piperidine rings is 1. The van der Waals surface area contributed by atoms with Gasteiger partial charge in [-0.15, -0.1) is 0 Å². The van der Waals surface area contributed by atoms with Crippen molar-refractivity contribution in [3.05, 3.63) is 35.9 Å². The van der Waals surface area contributed by atoms with Crippen LogP contribution in [0.3, 0.4) is 0 Å². The average molecular weight is 374 g/mol. The molecule has 0 spiro atoms. The molecule has 1 aliphatic heterocycles. The largest absolute Gasteiger partial charge is 0.388 e. The second-order valence-corrected chi connectivity index (χ2v) is 6.42. The van der Waals surface area contributed by atoms with Crippen LogP contribution in [0.15, 0.2) is 30.3 Å². The van der Waals surface area contributed by atoms with E-state index in [0.717, 1.165) is 10.5 Å². The van der Waals surface area contributed by atoms with Gasteiger partial charge in [0, 0.05) is 6.54 Å². The molecule has 1 aromatic carbocycles. The van der Waals surface area contributed by atoms with Crippen LogP contribution >= 0.6 is 0 Å². The summed E-state index contributed by atoms with van der Waals surface area (Å²) in [5.74, 6) is -0.767. The summed E-state index contributed by atoms with van der Waals surface area (Å²) in [5.41, 5.74) is 0.991. The molecule has 0 bridgehead atoms. The van der Waals surface area contributed by atoms with Gasteiger partial charge in [0.05, 0.1) is 0 Å². The standard InChI is InChI=1S/C18H25F3N2O3/c1-2-22-18(26)13-12(19)15(24)16(25)14(17(20)21)23(13)10-6-9-11-7-4-3-5-8-11/h3-5,7-8,12-17,24-25H,2,6,9-10H2,1H3,(H,22,26)/t12-,13+,14+,15-,16-/m1/s1. The van der Waals surface area contributed by atoms with Gasteiger partial charge in [-0.3, -0.25) is 9.69 Å². The van der Waals surface area contributed by atoms with E-state index in [0.29, 0.717) is 12.8 Å². The highest BCUT2D eigenvalue weighted by molar-refractivity contribution is 5.82. The van der Waals surface area contributed by atoms with Gasteiger partial charge in [0.2, 0.25) is 5.91 Å². The summed E-state index contributed by atoms with van der Waals surface area (Å²) in [6.07, 6.45) is -8.22. The summed E-state index contributed by atoms with van der Waals surface area (Å²) in [6, 6.07) is 5.97. The Bertz CT molecular complexity index is 576. The highest BCUT2D eigenvalue weighted by atomic mass is 19.3. The average Bonchev–Trinajstić information content (AvgIpc) is 2.60. The molecule has 8 heteroatoms. The molecule has 5 atom stereocenters. The molecule has 1 amide bonds. The number of nitrogens with zero attached hydrogens (tertiary/aromatic N) is 1. The minimum atomic E-state index is -3.03. The number of aliphatic hydroxyl groups is 2. The Labute approximate surface area is 150 Å². The first-order chi connectivity index (χ1) is 12.4. The minimum absolute atomic E-state index is 0.00407. The van der Waals surface area contributed by atoms with E-state index in [1.165, 1.54) is 0 Å². The summed E-state index contributed by atoms with van der Waals surface area (Å²) in [7, 11) is 0. The van der Waals surface area contributed by atoms with Crippen molar-refractivity contribution in [2.24, 2.45) is 0 Å². The fourth-order valence-corrected chi connectivity index (χ4v) is 3.41. The van der Waals surface area contributed by atoms with E-state index in [2.05, 4.69) is 5.32 Å². The maximum atomic E-state index is 14.5. The maximum Gasteiger partial charge on any atom is 0.256 e. The molecule has 1 heterocycles. The van der Waals surface area contributed by atoms with Crippen molar-refractivity contribution >= 4 is 5.91 Å². The first-order valence-corrected chi connectivity index (χ1v) is 8.74. The molecule has 0 saturated carbocycles. The van der Waals surface area contributed by atoms with Gasteiger partial charge in [-0.05, 0) is 31.9 Å². The fourth-order valence-electron chi connectivity index (χ4n) is 3.41.